The van der Waals surface area contributed by atoms with Gasteiger partial charge in [-0.05, 0) is 32.0 Å². The van der Waals surface area contributed by atoms with Crippen LogP contribution in [0.2, 0.25) is 0 Å². The Balaban J connectivity index is 1.69. The molecule has 4 nitrogen and oxygen atoms in total. The highest BCUT2D eigenvalue weighted by Gasteiger charge is 2.12. The lowest BCUT2D eigenvalue weighted by Gasteiger charge is -2.11. The number of ether oxygens (including phenoxy) is 1. The van der Waals surface area contributed by atoms with Gasteiger partial charge in [0.2, 0.25) is 5.91 Å². The lowest BCUT2D eigenvalue weighted by molar-refractivity contribution is -0.115. The van der Waals surface area contributed by atoms with Crippen LogP contribution in [-0.4, -0.2) is 17.5 Å². The maximum absolute atomic E-state index is 13.3. The number of hydrogen-bond donors (Lipinski definition) is 1. The van der Waals surface area contributed by atoms with Crippen molar-refractivity contribution < 1.29 is 13.9 Å². The maximum Gasteiger partial charge on any atom is 0.230 e. The summed E-state index contributed by atoms with van der Waals surface area (Å²) >= 11 is 1.51. The van der Waals surface area contributed by atoms with Crippen molar-refractivity contribution in [1.29, 1.82) is 0 Å². The van der Waals surface area contributed by atoms with Crippen LogP contribution in [0.3, 0.4) is 0 Å². The van der Waals surface area contributed by atoms with Gasteiger partial charge in [-0.3, -0.25) is 4.79 Å². The van der Waals surface area contributed by atoms with E-state index in [0.717, 1.165) is 16.1 Å². The van der Waals surface area contributed by atoms with Crippen LogP contribution in [0.25, 0.3) is 10.6 Å². The first-order chi connectivity index (χ1) is 12.5. The predicted molar refractivity (Wildman–Crippen MR) is 102 cm³/mol. The molecule has 2 aromatic carbocycles. The van der Waals surface area contributed by atoms with E-state index >= 15 is 0 Å². The number of anilines is 1. The summed E-state index contributed by atoms with van der Waals surface area (Å²) in [6, 6.07) is 12.1. The number of carbonyl (C=O) groups is 1. The Morgan fingerprint density at radius 1 is 1.27 bits per heavy atom. The molecule has 0 aliphatic rings. The first kappa shape index (κ1) is 18.1. The zero-order valence-electron chi connectivity index (χ0n) is 14.6. The number of nitrogens with one attached hydrogen (secondary N) is 1. The minimum Gasteiger partial charge on any atom is -0.492 e. The third-order valence-electron chi connectivity index (χ3n) is 3.68. The topological polar surface area (TPSA) is 51.2 Å². The van der Waals surface area contributed by atoms with E-state index in [-0.39, 0.29) is 12.3 Å². The van der Waals surface area contributed by atoms with Gasteiger partial charge < -0.3 is 10.1 Å². The van der Waals surface area contributed by atoms with Crippen LogP contribution in [0.1, 0.15) is 18.2 Å². The molecule has 0 saturated carbocycles. The zero-order valence-corrected chi connectivity index (χ0v) is 15.4. The van der Waals surface area contributed by atoms with E-state index in [4.69, 9.17) is 4.74 Å². The van der Waals surface area contributed by atoms with E-state index in [0.29, 0.717) is 23.7 Å². The Kier molecular flexibility index (Phi) is 5.63. The average Bonchev–Trinajstić information content (AvgIpc) is 3.06. The Bertz CT molecular complexity index is 924. The van der Waals surface area contributed by atoms with E-state index in [1.807, 2.05) is 30.5 Å². The average molecular weight is 370 g/mol. The van der Waals surface area contributed by atoms with E-state index in [9.17, 15) is 9.18 Å². The normalized spacial score (nSPS) is 10.6. The number of nitrogens with zero attached hydrogens (tertiary/aromatic N) is 1. The first-order valence-corrected chi connectivity index (χ1v) is 9.16. The van der Waals surface area contributed by atoms with Crippen LogP contribution in [-0.2, 0) is 11.2 Å². The van der Waals surface area contributed by atoms with Crippen LogP contribution in [0.5, 0.6) is 5.75 Å². The first-order valence-electron chi connectivity index (χ1n) is 8.29. The minimum atomic E-state index is -0.409. The monoisotopic (exact) mass is 370 g/mol. The summed E-state index contributed by atoms with van der Waals surface area (Å²) in [7, 11) is 0. The lowest BCUT2D eigenvalue weighted by Crippen LogP contribution is -2.15. The van der Waals surface area contributed by atoms with Crippen molar-refractivity contribution >= 4 is 22.9 Å². The second kappa shape index (κ2) is 8.10. The van der Waals surface area contributed by atoms with Crippen LogP contribution in [0.4, 0.5) is 10.1 Å². The fourth-order valence-corrected chi connectivity index (χ4v) is 3.35. The number of thiazole rings is 1. The molecule has 3 aromatic rings. The molecule has 3 rings (SSSR count). The smallest absolute Gasteiger partial charge is 0.230 e. The molecule has 0 unspecified atom stereocenters. The van der Waals surface area contributed by atoms with Crippen molar-refractivity contribution in [2.24, 2.45) is 0 Å². The summed E-state index contributed by atoms with van der Waals surface area (Å²) in [6.07, 6.45) is 0.144. The Labute approximate surface area is 155 Å². The third kappa shape index (κ3) is 4.46. The van der Waals surface area contributed by atoms with Crippen LogP contribution >= 0.6 is 11.3 Å². The highest BCUT2D eigenvalue weighted by molar-refractivity contribution is 7.13. The SMILES string of the molecule is CCOc1cc(F)ccc1NC(=O)Cc1csc(-c2cccc(C)c2)n1. The van der Waals surface area contributed by atoms with Gasteiger partial charge in [0.1, 0.15) is 16.6 Å². The molecular formula is C20H19FN2O2S. The molecular weight excluding hydrogens is 351 g/mol. The molecule has 1 N–H and O–H groups in total. The molecule has 0 atom stereocenters. The van der Waals surface area contributed by atoms with E-state index < -0.39 is 5.82 Å². The van der Waals surface area contributed by atoms with Gasteiger partial charge >= 0.3 is 0 Å². The Hall–Kier alpha value is -2.73. The quantitative estimate of drug-likeness (QED) is 0.676. The number of carbonyl (C=O) groups excluding carboxylic acids is 1. The maximum atomic E-state index is 13.3. The van der Waals surface area contributed by atoms with Gasteiger partial charge in [0.25, 0.3) is 0 Å². The van der Waals surface area contributed by atoms with E-state index in [1.54, 1.807) is 6.92 Å². The molecule has 6 heteroatoms. The largest absolute Gasteiger partial charge is 0.492 e. The lowest BCUT2D eigenvalue weighted by atomic mass is 10.1. The zero-order chi connectivity index (χ0) is 18.5. The number of halogens is 1. The highest BCUT2D eigenvalue weighted by atomic mass is 32.1. The summed E-state index contributed by atoms with van der Waals surface area (Å²) in [5.74, 6) is -0.313. The van der Waals surface area contributed by atoms with Gasteiger partial charge in [-0.2, -0.15) is 0 Å². The van der Waals surface area contributed by atoms with Crippen LogP contribution in [0.15, 0.2) is 47.8 Å². The number of aromatic nitrogens is 1. The molecule has 1 amide bonds. The highest BCUT2D eigenvalue weighted by Crippen LogP contribution is 2.27. The van der Waals surface area contributed by atoms with Crippen molar-refractivity contribution in [3.63, 3.8) is 0 Å². The van der Waals surface area contributed by atoms with Crippen molar-refractivity contribution in [1.82, 2.24) is 4.98 Å². The number of benzene rings is 2. The molecule has 134 valence electrons. The summed E-state index contributed by atoms with van der Waals surface area (Å²) in [4.78, 5) is 16.9. The van der Waals surface area contributed by atoms with Gasteiger partial charge in [-0.25, -0.2) is 9.37 Å². The summed E-state index contributed by atoms with van der Waals surface area (Å²) in [5, 5.41) is 5.53. The van der Waals surface area contributed by atoms with Crippen molar-refractivity contribution in [2.45, 2.75) is 20.3 Å². The molecule has 0 spiro atoms. The van der Waals surface area contributed by atoms with Gasteiger partial charge in [0.05, 0.1) is 24.4 Å². The van der Waals surface area contributed by atoms with Gasteiger partial charge in [0, 0.05) is 17.0 Å². The number of hydrogen-bond acceptors (Lipinski definition) is 4. The predicted octanol–water partition coefficient (Wildman–Crippen LogP) is 4.84. The molecule has 0 aliphatic heterocycles. The molecule has 0 saturated heterocycles. The van der Waals surface area contributed by atoms with Gasteiger partial charge in [0.15, 0.2) is 0 Å². The summed E-state index contributed by atoms with van der Waals surface area (Å²) < 4.78 is 18.7. The Morgan fingerprint density at radius 2 is 2.12 bits per heavy atom. The molecule has 1 heterocycles. The molecule has 0 bridgehead atoms. The van der Waals surface area contributed by atoms with Crippen LogP contribution in [0, 0.1) is 12.7 Å². The van der Waals surface area contributed by atoms with E-state index in [2.05, 4.69) is 16.4 Å². The molecule has 26 heavy (non-hydrogen) atoms. The number of aryl methyl sites for hydroxylation is 1. The fraction of sp³-hybridized carbons (Fsp3) is 0.200. The van der Waals surface area contributed by atoms with Gasteiger partial charge in [-0.15, -0.1) is 11.3 Å². The summed E-state index contributed by atoms with van der Waals surface area (Å²) in [6.45, 7) is 4.22. The van der Waals surface area contributed by atoms with Crippen molar-refractivity contribution in [3.8, 4) is 16.3 Å². The van der Waals surface area contributed by atoms with Gasteiger partial charge in [-0.1, -0.05) is 23.8 Å². The minimum absolute atomic E-state index is 0.144. The fourth-order valence-electron chi connectivity index (χ4n) is 2.53. The summed E-state index contributed by atoms with van der Waals surface area (Å²) in [5.41, 5.74) is 3.35. The van der Waals surface area contributed by atoms with Crippen molar-refractivity contribution in [3.05, 3.63) is 64.9 Å². The van der Waals surface area contributed by atoms with Crippen molar-refractivity contribution in [2.75, 3.05) is 11.9 Å². The standard InChI is InChI=1S/C20H19FN2O2S/c1-3-25-18-10-15(21)7-8-17(18)23-19(24)11-16-12-26-20(22-16)14-6-4-5-13(2)9-14/h4-10,12H,3,11H2,1-2H3,(H,23,24). The number of amides is 1. The second-order valence-corrected chi connectivity index (χ2v) is 6.67. The van der Waals surface area contributed by atoms with E-state index in [1.165, 1.54) is 29.5 Å². The second-order valence-electron chi connectivity index (χ2n) is 5.81. The number of rotatable bonds is 6. The molecule has 0 aliphatic carbocycles. The molecule has 0 fully saturated rings. The Morgan fingerprint density at radius 3 is 2.88 bits per heavy atom. The molecule has 0 radical (unpaired) electrons. The molecule has 1 aromatic heterocycles. The third-order valence-corrected chi connectivity index (χ3v) is 4.62. The van der Waals surface area contributed by atoms with Crippen LogP contribution < -0.4 is 10.1 Å².